The first-order valence-electron chi connectivity index (χ1n) is 5.68. The number of halogens is 1. The summed E-state index contributed by atoms with van der Waals surface area (Å²) in [6, 6.07) is 15.5. The zero-order valence-corrected chi connectivity index (χ0v) is 12.0. The van der Waals surface area contributed by atoms with Crippen molar-refractivity contribution in [2.24, 2.45) is 0 Å². The fourth-order valence-corrected chi connectivity index (χ4v) is 2.60. The van der Waals surface area contributed by atoms with E-state index < -0.39 is 0 Å². The minimum Gasteiger partial charge on any atom is -0.495 e. The van der Waals surface area contributed by atoms with E-state index in [0.29, 0.717) is 11.3 Å². The Bertz CT molecular complexity index is 605. The first-order valence-corrected chi connectivity index (χ1v) is 7.04. The van der Waals surface area contributed by atoms with Crippen molar-refractivity contribution in [3.05, 3.63) is 58.6 Å². The Labute approximate surface area is 122 Å². The third-order valence-corrected chi connectivity index (χ3v) is 3.94. The molecule has 2 aromatic rings. The van der Waals surface area contributed by atoms with Crippen molar-refractivity contribution in [3.63, 3.8) is 0 Å². The molecule has 0 radical (unpaired) electrons. The minimum atomic E-state index is 0.566. The minimum absolute atomic E-state index is 0.566. The maximum Gasteiger partial charge on any atom is 0.136 e. The number of hydrogen-bond donors (Lipinski definition) is 0. The molecule has 96 valence electrons. The smallest absolute Gasteiger partial charge is 0.136 e. The molecule has 0 atom stereocenters. The van der Waals surface area contributed by atoms with Crippen LogP contribution in [0, 0.1) is 11.3 Å². The summed E-state index contributed by atoms with van der Waals surface area (Å²) in [6.07, 6.45) is 0. The van der Waals surface area contributed by atoms with Gasteiger partial charge in [-0.2, -0.15) is 5.26 Å². The highest BCUT2D eigenvalue weighted by molar-refractivity contribution is 7.98. The van der Waals surface area contributed by atoms with Gasteiger partial charge in [0.05, 0.1) is 12.7 Å². The van der Waals surface area contributed by atoms with Crippen LogP contribution in [0.2, 0.25) is 5.02 Å². The number of ether oxygens (including phenoxy) is 1. The number of rotatable bonds is 4. The van der Waals surface area contributed by atoms with Crippen LogP contribution in [-0.2, 0) is 5.75 Å². The molecule has 0 aliphatic rings. The van der Waals surface area contributed by atoms with Crippen molar-refractivity contribution in [2.75, 3.05) is 7.11 Å². The van der Waals surface area contributed by atoms with Gasteiger partial charge in [0.2, 0.25) is 0 Å². The van der Waals surface area contributed by atoms with Gasteiger partial charge in [-0.25, -0.2) is 0 Å². The van der Waals surface area contributed by atoms with Crippen LogP contribution in [-0.4, -0.2) is 7.11 Å². The van der Waals surface area contributed by atoms with Crippen molar-refractivity contribution >= 4 is 23.4 Å². The van der Waals surface area contributed by atoms with Gasteiger partial charge in [0.1, 0.15) is 11.8 Å². The van der Waals surface area contributed by atoms with Crippen LogP contribution in [0.4, 0.5) is 0 Å². The highest BCUT2D eigenvalue weighted by Crippen LogP contribution is 2.26. The van der Waals surface area contributed by atoms with Gasteiger partial charge in [-0.15, -0.1) is 11.8 Å². The number of nitriles is 1. The summed E-state index contributed by atoms with van der Waals surface area (Å²) in [7, 11) is 1.57. The van der Waals surface area contributed by atoms with E-state index in [1.165, 1.54) is 0 Å². The lowest BCUT2D eigenvalue weighted by molar-refractivity contribution is 0.413. The molecular formula is C15H12ClNOS. The van der Waals surface area contributed by atoms with E-state index in [-0.39, 0.29) is 0 Å². The van der Waals surface area contributed by atoms with Gasteiger partial charge in [0.15, 0.2) is 0 Å². The van der Waals surface area contributed by atoms with E-state index >= 15 is 0 Å². The van der Waals surface area contributed by atoms with Crippen LogP contribution >= 0.6 is 23.4 Å². The second-order valence-electron chi connectivity index (χ2n) is 3.89. The molecule has 0 spiro atoms. The number of benzene rings is 2. The maximum absolute atomic E-state index is 9.04. The van der Waals surface area contributed by atoms with Crippen LogP contribution in [0.15, 0.2) is 47.4 Å². The van der Waals surface area contributed by atoms with Crippen molar-refractivity contribution in [3.8, 4) is 11.8 Å². The second kappa shape index (κ2) is 6.51. The first kappa shape index (κ1) is 13.8. The molecular weight excluding hydrogens is 278 g/mol. The number of methoxy groups -OCH3 is 1. The van der Waals surface area contributed by atoms with Gasteiger partial charge >= 0.3 is 0 Å². The molecule has 0 fully saturated rings. The average Bonchev–Trinajstić information content (AvgIpc) is 2.46. The Kier molecular flexibility index (Phi) is 4.73. The van der Waals surface area contributed by atoms with Gasteiger partial charge in [-0.05, 0) is 42.0 Å². The van der Waals surface area contributed by atoms with Crippen LogP contribution in [0.5, 0.6) is 5.75 Å². The number of nitrogens with zero attached hydrogens (tertiary/aromatic N) is 1. The molecule has 0 N–H and O–H groups in total. The quantitative estimate of drug-likeness (QED) is 0.776. The molecule has 2 rings (SSSR count). The van der Waals surface area contributed by atoms with Gasteiger partial charge in [-0.1, -0.05) is 17.7 Å². The molecule has 0 bridgehead atoms. The average molecular weight is 290 g/mol. The summed E-state index contributed by atoms with van der Waals surface area (Å²) >= 11 is 7.55. The lowest BCUT2D eigenvalue weighted by Crippen LogP contribution is -1.90. The van der Waals surface area contributed by atoms with Crippen molar-refractivity contribution in [2.45, 2.75) is 10.6 Å². The third-order valence-electron chi connectivity index (χ3n) is 2.60. The van der Waals surface area contributed by atoms with Crippen molar-refractivity contribution < 1.29 is 4.74 Å². The van der Waals surface area contributed by atoms with Crippen LogP contribution in [0.1, 0.15) is 11.1 Å². The molecule has 0 saturated heterocycles. The predicted octanol–water partition coefficient (Wildman–Crippen LogP) is 4.51. The number of hydrogen-bond acceptors (Lipinski definition) is 3. The standard InChI is InChI=1S/C15H12ClNOS/c1-18-15-7-2-11(8-12(15)9-17)10-19-14-5-3-13(16)4-6-14/h2-8H,10H2,1H3. The van der Waals surface area contributed by atoms with Gasteiger partial charge in [0.25, 0.3) is 0 Å². The lowest BCUT2D eigenvalue weighted by atomic mass is 10.1. The van der Waals surface area contributed by atoms with E-state index in [9.17, 15) is 0 Å². The first-order chi connectivity index (χ1) is 9.22. The maximum atomic E-state index is 9.04. The third kappa shape index (κ3) is 3.66. The van der Waals surface area contributed by atoms with E-state index in [1.807, 2.05) is 42.5 Å². The summed E-state index contributed by atoms with van der Waals surface area (Å²) in [4.78, 5) is 1.15. The summed E-state index contributed by atoms with van der Waals surface area (Å²) in [6.45, 7) is 0. The largest absolute Gasteiger partial charge is 0.495 e. The Morgan fingerprint density at radius 1 is 1.21 bits per heavy atom. The van der Waals surface area contributed by atoms with Crippen LogP contribution in [0.3, 0.4) is 0 Å². The fraction of sp³-hybridized carbons (Fsp3) is 0.133. The predicted molar refractivity (Wildman–Crippen MR) is 78.7 cm³/mol. The highest BCUT2D eigenvalue weighted by Gasteiger charge is 2.04. The number of thioether (sulfide) groups is 1. The van der Waals surface area contributed by atoms with Crippen LogP contribution in [0.25, 0.3) is 0 Å². The van der Waals surface area contributed by atoms with Crippen LogP contribution < -0.4 is 4.74 Å². The molecule has 0 aliphatic carbocycles. The van der Waals surface area contributed by atoms with E-state index in [0.717, 1.165) is 21.2 Å². The monoisotopic (exact) mass is 289 g/mol. The SMILES string of the molecule is COc1ccc(CSc2ccc(Cl)cc2)cc1C#N. The molecule has 19 heavy (non-hydrogen) atoms. The van der Waals surface area contributed by atoms with Gasteiger partial charge in [-0.3, -0.25) is 0 Å². The summed E-state index contributed by atoms with van der Waals surface area (Å²) < 4.78 is 5.12. The van der Waals surface area contributed by atoms with Gasteiger partial charge in [0, 0.05) is 15.7 Å². The molecule has 0 aliphatic heterocycles. The Balaban J connectivity index is 2.08. The topological polar surface area (TPSA) is 33.0 Å². The summed E-state index contributed by atoms with van der Waals surface area (Å²) in [5, 5.41) is 9.77. The molecule has 2 nitrogen and oxygen atoms in total. The van der Waals surface area contributed by atoms with E-state index in [4.69, 9.17) is 21.6 Å². The zero-order valence-electron chi connectivity index (χ0n) is 10.4. The summed E-state index contributed by atoms with van der Waals surface area (Å²) in [5.74, 6) is 1.42. The molecule has 0 aromatic heterocycles. The molecule has 2 aromatic carbocycles. The molecule has 0 unspecified atom stereocenters. The zero-order chi connectivity index (χ0) is 13.7. The molecule has 0 amide bonds. The summed E-state index contributed by atoms with van der Waals surface area (Å²) in [5.41, 5.74) is 1.66. The highest BCUT2D eigenvalue weighted by atomic mass is 35.5. The fourth-order valence-electron chi connectivity index (χ4n) is 1.63. The van der Waals surface area contributed by atoms with Crippen molar-refractivity contribution in [1.29, 1.82) is 5.26 Å². The lowest BCUT2D eigenvalue weighted by Gasteiger charge is -2.06. The normalized spacial score (nSPS) is 9.95. The van der Waals surface area contributed by atoms with Gasteiger partial charge < -0.3 is 4.74 Å². The molecule has 4 heteroatoms. The Hall–Kier alpha value is -1.63. The Morgan fingerprint density at radius 3 is 2.58 bits per heavy atom. The van der Waals surface area contributed by atoms with E-state index in [1.54, 1.807) is 18.9 Å². The Morgan fingerprint density at radius 2 is 1.95 bits per heavy atom. The molecule has 0 heterocycles. The van der Waals surface area contributed by atoms with E-state index in [2.05, 4.69) is 6.07 Å². The second-order valence-corrected chi connectivity index (χ2v) is 5.37. The molecule has 0 saturated carbocycles. The van der Waals surface area contributed by atoms with Crippen molar-refractivity contribution in [1.82, 2.24) is 0 Å².